The molecular formula is C28H29N3O4S. The van der Waals surface area contributed by atoms with Gasteiger partial charge >= 0.3 is 0 Å². The molecule has 3 aromatic rings. The van der Waals surface area contributed by atoms with Gasteiger partial charge in [-0.1, -0.05) is 17.7 Å². The van der Waals surface area contributed by atoms with E-state index in [0.717, 1.165) is 27.9 Å². The van der Waals surface area contributed by atoms with Crippen molar-refractivity contribution < 1.29 is 19.1 Å². The fourth-order valence-corrected chi connectivity index (χ4v) is 5.51. The lowest BCUT2D eigenvalue weighted by Crippen LogP contribution is -2.32. The molecule has 186 valence electrons. The number of allylic oxidation sites excluding steroid dienone is 1. The molecule has 0 bridgehead atoms. The molecule has 1 N–H and O–H groups in total. The average Bonchev–Trinajstić information content (AvgIpc) is 3.49. The molecule has 7 nitrogen and oxygen atoms in total. The fourth-order valence-electron chi connectivity index (χ4n) is 4.40. The van der Waals surface area contributed by atoms with E-state index in [9.17, 15) is 9.59 Å². The number of ether oxygens (including phenoxy) is 2. The summed E-state index contributed by atoms with van der Waals surface area (Å²) in [6, 6.07) is 9.42. The molecule has 1 aromatic heterocycles. The van der Waals surface area contributed by atoms with Gasteiger partial charge in [-0.3, -0.25) is 14.6 Å². The van der Waals surface area contributed by atoms with Crippen LogP contribution in [0.1, 0.15) is 42.6 Å². The number of aromatic nitrogens is 1. The Morgan fingerprint density at radius 2 is 1.61 bits per heavy atom. The summed E-state index contributed by atoms with van der Waals surface area (Å²) in [6.45, 7) is 7.75. The Balaban J connectivity index is 1.64. The number of ketones is 1. The standard InChI is InChI=1S/C28H29N3O4S/c1-16-10-17(2)24(18(3)11-16)31-26(33)25-19(4)30-27(36-25)28(8-7-9-29-28)23(32)14-20-12-21(34-5)15-22(13-20)35-6/h7-13,15H,14H2,1-6H3,(H,31,33). The summed E-state index contributed by atoms with van der Waals surface area (Å²) in [5, 5.41) is 3.50. The van der Waals surface area contributed by atoms with Gasteiger partial charge in [0.05, 0.1) is 19.9 Å². The quantitative estimate of drug-likeness (QED) is 0.451. The van der Waals surface area contributed by atoms with Crippen molar-refractivity contribution in [2.45, 2.75) is 39.7 Å². The van der Waals surface area contributed by atoms with E-state index in [0.29, 0.717) is 27.1 Å². The Kier molecular flexibility index (Phi) is 7.08. The lowest BCUT2D eigenvalue weighted by atomic mass is 9.91. The summed E-state index contributed by atoms with van der Waals surface area (Å²) >= 11 is 1.19. The van der Waals surface area contributed by atoms with Crippen molar-refractivity contribution in [2.24, 2.45) is 4.99 Å². The van der Waals surface area contributed by atoms with Crippen LogP contribution in [0.5, 0.6) is 11.5 Å². The normalized spacial score (nSPS) is 16.3. The largest absolute Gasteiger partial charge is 0.497 e. The van der Waals surface area contributed by atoms with Gasteiger partial charge in [-0.25, -0.2) is 4.98 Å². The van der Waals surface area contributed by atoms with E-state index >= 15 is 0 Å². The lowest BCUT2D eigenvalue weighted by molar-refractivity contribution is -0.122. The number of rotatable bonds is 8. The summed E-state index contributed by atoms with van der Waals surface area (Å²) in [5.41, 5.74) is 3.93. The number of methoxy groups -OCH3 is 2. The SMILES string of the molecule is COc1cc(CC(=O)C2(c3nc(C)c(C(=O)Nc4c(C)cc(C)cc4C)s3)C=CC=N2)cc(OC)c1. The maximum atomic E-state index is 13.7. The number of hydrogen-bond acceptors (Lipinski definition) is 7. The zero-order chi connectivity index (χ0) is 26.0. The Labute approximate surface area is 214 Å². The Morgan fingerprint density at radius 3 is 2.17 bits per heavy atom. The third-order valence-electron chi connectivity index (χ3n) is 6.15. The van der Waals surface area contributed by atoms with E-state index in [2.05, 4.69) is 15.3 Å². The first-order chi connectivity index (χ1) is 17.2. The molecule has 36 heavy (non-hydrogen) atoms. The number of thiazole rings is 1. The maximum Gasteiger partial charge on any atom is 0.267 e. The van der Waals surface area contributed by atoms with Gasteiger partial charge in [-0.2, -0.15) is 0 Å². The summed E-state index contributed by atoms with van der Waals surface area (Å²) in [5.74, 6) is 0.788. The fraction of sp³-hybridized carbons (Fsp3) is 0.286. The minimum absolute atomic E-state index is 0.0944. The first kappa shape index (κ1) is 25.3. The highest BCUT2D eigenvalue weighted by atomic mass is 32.1. The van der Waals surface area contributed by atoms with Gasteiger partial charge in [0, 0.05) is 24.4 Å². The van der Waals surface area contributed by atoms with E-state index in [4.69, 9.17) is 9.47 Å². The molecule has 1 aliphatic heterocycles. The van der Waals surface area contributed by atoms with Crippen molar-refractivity contribution in [3.8, 4) is 11.5 Å². The molecule has 8 heteroatoms. The third kappa shape index (κ3) is 4.81. The van der Waals surface area contributed by atoms with Crippen LogP contribution in [0.4, 0.5) is 5.69 Å². The van der Waals surface area contributed by atoms with Crippen LogP contribution >= 0.6 is 11.3 Å². The van der Waals surface area contributed by atoms with Crippen molar-refractivity contribution in [3.63, 3.8) is 0 Å². The first-order valence-electron chi connectivity index (χ1n) is 11.5. The Morgan fingerprint density at radius 1 is 0.972 bits per heavy atom. The molecular weight excluding hydrogens is 474 g/mol. The number of carbonyl (C=O) groups excluding carboxylic acids is 2. The zero-order valence-electron chi connectivity index (χ0n) is 21.3. The number of amides is 1. The van der Waals surface area contributed by atoms with E-state index in [-0.39, 0.29) is 18.1 Å². The van der Waals surface area contributed by atoms with E-state index < -0.39 is 5.54 Å². The smallest absolute Gasteiger partial charge is 0.267 e. The summed E-state index contributed by atoms with van der Waals surface area (Å²) < 4.78 is 10.7. The number of carbonyl (C=O) groups is 2. The Bertz CT molecular complexity index is 1350. The summed E-state index contributed by atoms with van der Waals surface area (Å²) in [6.07, 6.45) is 5.16. The molecule has 0 fully saturated rings. The predicted molar refractivity (Wildman–Crippen MR) is 143 cm³/mol. The summed E-state index contributed by atoms with van der Waals surface area (Å²) in [7, 11) is 3.13. The topological polar surface area (TPSA) is 89.9 Å². The molecule has 1 unspecified atom stereocenters. The second kappa shape index (κ2) is 10.1. The molecule has 0 saturated carbocycles. The number of anilines is 1. The molecule has 4 rings (SSSR count). The van der Waals surface area contributed by atoms with Crippen molar-refractivity contribution in [2.75, 3.05) is 19.5 Å². The van der Waals surface area contributed by atoms with Crippen molar-refractivity contribution >= 4 is 34.9 Å². The highest BCUT2D eigenvalue weighted by Crippen LogP contribution is 2.37. The van der Waals surface area contributed by atoms with Crippen molar-refractivity contribution in [1.82, 2.24) is 4.98 Å². The van der Waals surface area contributed by atoms with Gasteiger partial charge in [0.15, 0.2) is 11.3 Å². The van der Waals surface area contributed by atoms with Crippen molar-refractivity contribution in [3.05, 3.63) is 80.3 Å². The van der Waals surface area contributed by atoms with E-state index in [1.54, 1.807) is 57.7 Å². The first-order valence-corrected chi connectivity index (χ1v) is 12.3. The predicted octanol–water partition coefficient (Wildman–Crippen LogP) is 5.29. The van der Waals surface area contributed by atoms with Crippen LogP contribution in [-0.4, -0.2) is 37.1 Å². The molecule has 0 saturated heterocycles. The summed E-state index contributed by atoms with van der Waals surface area (Å²) in [4.78, 5) is 36.5. The van der Waals surface area contributed by atoms with Gasteiger partial charge in [-0.15, -0.1) is 11.3 Å². The minimum atomic E-state index is -1.28. The molecule has 1 amide bonds. The molecule has 1 aliphatic rings. The van der Waals surface area contributed by atoms with Gasteiger partial charge in [0.25, 0.3) is 5.91 Å². The lowest BCUT2D eigenvalue weighted by Gasteiger charge is -2.20. The highest BCUT2D eigenvalue weighted by Gasteiger charge is 2.42. The van der Waals surface area contributed by atoms with Crippen LogP contribution in [0.15, 0.2) is 47.5 Å². The monoisotopic (exact) mass is 503 g/mol. The Hall–Kier alpha value is -3.78. The van der Waals surface area contributed by atoms with Crippen LogP contribution in [-0.2, 0) is 16.8 Å². The third-order valence-corrected chi connectivity index (χ3v) is 7.43. The number of aryl methyl sites for hydroxylation is 4. The molecule has 0 radical (unpaired) electrons. The van der Waals surface area contributed by atoms with Crippen LogP contribution in [0.3, 0.4) is 0 Å². The number of nitrogens with one attached hydrogen (secondary N) is 1. The van der Waals surface area contributed by atoms with E-state index in [1.165, 1.54) is 11.3 Å². The number of Topliss-reactive ketones (excluding diaryl/α,β-unsaturated/α-hetero) is 1. The zero-order valence-corrected chi connectivity index (χ0v) is 22.1. The van der Waals surface area contributed by atoms with Gasteiger partial charge in [-0.05, 0) is 68.7 Å². The average molecular weight is 504 g/mol. The van der Waals surface area contributed by atoms with Gasteiger partial charge in [0.1, 0.15) is 21.4 Å². The number of hydrogen-bond donors (Lipinski definition) is 1. The van der Waals surface area contributed by atoms with Crippen LogP contribution in [0.2, 0.25) is 0 Å². The van der Waals surface area contributed by atoms with E-state index in [1.807, 2.05) is 32.9 Å². The number of benzene rings is 2. The molecule has 0 aliphatic carbocycles. The second-order valence-corrected chi connectivity index (χ2v) is 9.89. The maximum absolute atomic E-state index is 13.7. The van der Waals surface area contributed by atoms with Crippen LogP contribution in [0.25, 0.3) is 0 Å². The van der Waals surface area contributed by atoms with Crippen molar-refractivity contribution in [1.29, 1.82) is 0 Å². The highest BCUT2D eigenvalue weighted by molar-refractivity contribution is 7.14. The number of nitrogens with zero attached hydrogens (tertiary/aromatic N) is 2. The molecule has 2 aromatic carbocycles. The second-order valence-electron chi connectivity index (χ2n) is 8.89. The van der Waals surface area contributed by atoms with Crippen LogP contribution < -0.4 is 14.8 Å². The van der Waals surface area contributed by atoms with Gasteiger partial charge in [0.2, 0.25) is 0 Å². The molecule has 0 spiro atoms. The van der Waals surface area contributed by atoms with Gasteiger partial charge < -0.3 is 14.8 Å². The minimum Gasteiger partial charge on any atom is -0.497 e. The molecule has 1 atom stereocenters. The molecule has 2 heterocycles. The van der Waals surface area contributed by atoms with Crippen LogP contribution in [0, 0.1) is 27.7 Å². The number of aliphatic imine (C=N–C) groups is 1.